The number of aromatic nitrogens is 1. The topological polar surface area (TPSA) is 45.2 Å². The molecule has 0 spiro atoms. The predicted octanol–water partition coefficient (Wildman–Crippen LogP) is 2.37. The Hall–Kier alpha value is -1.72. The normalized spacial score (nSPS) is 10.9. The minimum absolute atomic E-state index is 0.0138. The number of nitrogens with one attached hydrogen (secondary N) is 1. The van der Waals surface area contributed by atoms with Gasteiger partial charge in [-0.25, -0.2) is 4.98 Å². The van der Waals surface area contributed by atoms with E-state index in [1.165, 1.54) is 5.56 Å². The van der Waals surface area contributed by atoms with Gasteiger partial charge in [0.05, 0.1) is 12.1 Å². The van der Waals surface area contributed by atoms with Crippen LogP contribution in [0.3, 0.4) is 0 Å². The van der Waals surface area contributed by atoms with Crippen LogP contribution < -0.4 is 5.32 Å². The number of carbonyl (C=O) groups is 1. The third-order valence-corrected chi connectivity index (χ3v) is 4.01. The highest BCUT2D eigenvalue weighted by molar-refractivity contribution is 7.09. The zero-order valence-electron chi connectivity index (χ0n) is 12.7. The molecule has 0 unspecified atom stereocenters. The molecule has 0 aliphatic heterocycles. The van der Waals surface area contributed by atoms with Crippen molar-refractivity contribution in [2.75, 3.05) is 14.1 Å². The van der Waals surface area contributed by atoms with E-state index in [4.69, 9.17) is 0 Å². The zero-order chi connectivity index (χ0) is 15.2. The Balaban J connectivity index is 1.84. The van der Waals surface area contributed by atoms with Gasteiger partial charge in [0.15, 0.2) is 0 Å². The van der Waals surface area contributed by atoms with Crippen molar-refractivity contribution in [1.82, 2.24) is 15.2 Å². The smallest absolute Gasteiger partial charge is 0.226 e. The lowest BCUT2D eigenvalue weighted by Crippen LogP contribution is -2.25. The molecule has 112 valence electrons. The van der Waals surface area contributed by atoms with Crippen LogP contribution in [0.2, 0.25) is 0 Å². The number of amides is 1. The Morgan fingerprint density at radius 1 is 1.33 bits per heavy atom. The lowest BCUT2D eigenvalue weighted by molar-refractivity contribution is -0.120. The van der Waals surface area contributed by atoms with Crippen molar-refractivity contribution in [1.29, 1.82) is 0 Å². The van der Waals surface area contributed by atoms with E-state index < -0.39 is 0 Å². The number of thiazole rings is 1. The number of hydrogen-bond donors (Lipinski definition) is 1. The van der Waals surface area contributed by atoms with Crippen molar-refractivity contribution in [3.05, 3.63) is 51.5 Å². The minimum atomic E-state index is 0.0138. The van der Waals surface area contributed by atoms with Crippen LogP contribution in [0, 0.1) is 6.92 Å². The molecule has 0 aliphatic rings. The molecule has 0 aliphatic carbocycles. The van der Waals surface area contributed by atoms with Crippen molar-refractivity contribution in [3.63, 3.8) is 0 Å². The Morgan fingerprint density at radius 2 is 2.10 bits per heavy atom. The molecule has 0 atom stereocenters. The number of benzene rings is 1. The van der Waals surface area contributed by atoms with Gasteiger partial charge in [0.25, 0.3) is 0 Å². The molecule has 1 aromatic heterocycles. The van der Waals surface area contributed by atoms with Gasteiger partial charge in [-0.1, -0.05) is 24.3 Å². The first-order valence-electron chi connectivity index (χ1n) is 6.94. The molecule has 1 aromatic carbocycles. The quantitative estimate of drug-likeness (QED) is 0.891. The van der Waals surface area contributed by atoms with Gasteiger partial charge in [0.2, 0.25) is 5.91 Å². The van der Waals surface area contributed by atoms with Crippen LogP contribution in [-0.2, 0) is 24.3 Å². The third kappa shape index (κ3) is 4.95. The van der Waals surface area contributed by atoms with Crippen molar-refractivity contribution >= 4 is 17.2 Å². The summed E-state index contributed by atoms with van der Waals surface area (Å²) in [4.78, 5) is 18.5. The first kappa shape index (κ1) is 15.7. The number of nitrogens with zero attached hydrogens (tertiary/aromatic N) is 2. The molecule has 2 rings (SSSR count). The summed E-state index contributed by atoms with van der Waals surface area (Å²) < 4.78 is 0. The molecule has 0 radical (unpaired) electrons. The summed E-state index contributed by atoms with van der Waals surface area (Å²) in [7, 11) is 4.02. The maximum atomic E-state index is 12.0. The Labute approximate surface area is 129 Å². The van der Waals surface area contributed by atoms with Crippen LogP contribution in [0.1, 0.15) is 21.8 Å². The highest BCUT2D eigenvalue weighted by atomic mass is 32.1. The summed E-state index contributed by atoms with van der Waals surface area (Å²) in [6, 6.07) is 8.08. The van der Waals surface area contributed by atoms with E-state index in [-0.39, 0.29) is 5.91 Å². The van der Waals surface area contributed by atoms with Crippen molar-refractivity contribution < 1.29 is 4.79 Å². The van der Waals surface area contributed by atoms with E-state index in [2.05, 4.69) is 28.2 Å². The van der Waals surface area contributed by atoms with Gasteiger partial charge in [-0.05, 0) is 32.1 Å². The average molecular weight is 303 g/mol. The number of carbonyl (C=O) groups excluding carboxylic acids is 1. The molecule has 0 fully saturated rings. The molecule has 1 heterocycles. The van der Waals surface area contributed by atoms with Gasteiger partial charge in [-0.3, -0.25) is 4.79 Å². The van der Waals surface area contributed by atoms with Gasteiger partial charge in [-0.2, -0.15) is 0 Å². The van der Waals surface area contributed by atoms with Crippen molar-refractivity contribution in [2.24, 2.45) is 0 Å². The van der Waals surface area contributed by atoms with Crippen LogP contribution in [0.25, 0.3) is 0 Å². The standard InChI is InChI=1S/C16H21N3OS/c1-12-6-4-5-7-13(12)9-17-15(20)8-14-11-21-16(18-14)10-19(2)3/h4-7,11H,8-10H2,1-3H3,(H,17,20). The number of aryl methyl sites for hydroxylation is 1. The van der Waals surface area contributed by atoms with Crippen LogP contribution in [0.5, 0.6) is 0 Å². The van der Waals surface area contributed by atoms with Crippen LogP contribution >= 0.6 is 11.3 Å². The summed E-state index contributed by atoms with van der Waals surface area (Å²) in [5, 5.41) is 5.96. The highest BCUT2D eigenvalue weighted by Gasteiger charge is 2.08. The highest BCUT2D eigenvalue weighted by Crippen LogP contribution is 2.12. The average Bonchev–Trinajstić information content (AvgIpc) is 2.84. The first-order chi connectivity index (χ1) is 10.0. The maximum Gasteiger partial charge on any atom is 0.226 e. The summed E-state index contributed by atoms with van der Waals surface area (Å²) in [6.45, 7) is 3.44. The molecule has 0 saturated heterocycles. The van der Waals surface area contributed by atoms with Crippen LogP contribution in [0.15, 0.2) is 29.6 Å². The monoisotopic (exact) mass is 303 g/mol. The second-order valence-electron chi connectivity index (χ2n) is 5.35. The molecule has 0 bridgehead atoms. The lowest BCUT2D eigenvalue weighted by Gasteiger charge is -2.07. The van der Waals surface area contributed by atoms with Gasteiger partial charge < -0.3 is 10.2 Å². The molecular formula is C16H21N3OS. The van der Waals surface area contributed by atoms with Crippen LogP contribution in [-0.4, -0.2) is 29.9 Å². The fourth-order valence-corrected chi connectivity index (χ4v) is 2.91. The van der Waals surface area contributed by atoms with E-state index in [0.29, 0.717) is 13.0 Å². The molecule has 4 nitrogen and oxygen atoms in total. The lowest BCUT2D eigenvalue weighted by atomic mass is 10.1. The molecule has 2 aromatic rings. The zero-order valence-corrected chi connectivity index (χ0v) is 13.5. The van der Waals surface area contributed by atoms with E-state index in [1.54, 1.807) is 11.3 Å². The van der Waals surface area contributed by atoms with Crippen molar-refractivity contribution in [2.45, 2.75) is 26.4 Å². The SMILES string of the molecule is Cc1ccccc1CNC(=O)Cc1csc(CN(C)C)n1. The summed E-state index contributed by atoms with van der Waals surface area (Å²) >= 11 is 1.60. The molecule has 1 N–H and O–H groups in total. The Bertz CT molecular complexity index is 607. The van der Waals surface area contributed by atoms with E-state index >= 15 is 0 Å². The number of hydrogen-bond acceptors (Lipinski definition) is 4. The largest absolute Gasteiger partial charge is 0.352 e. The van der Waals surface area contributed by atoms with E-state index in [9.17, 15) is 4.79 Å². The molecule has 21 heavy (non-hydrogen) atoms. The van der Waals surface area contributed by atoms with Crippen LogP contribution in [0.4, 0.5) is 0 Å². The van der Waals surface area contributed by atoms with Gasteiger partial charge >= 0.3 is 0 Å². The molecular weight excluding hydrogens is 282 g/mol. The summed E-state index contributed by atoms with van der Waals surface area (Å²) in [5.41, 5.74) is 3.19. The van der Waals surface area contributed by atoms with Gasteiger partial charge in [0.1, 0.15) is 5.01 Å². The molecule has 0 saturated carbocycles. The minimum Gasteiger partial charge on any atom is -0.352 e. The first-order valence-corrected chi connectivity index (χ1v) is 7.82. The predicted molar refractivity (Wildman–Crippen MR) is 86.2 cm³/mol. The Kier molecular flexibility index (Phi) is 5.47. The molecule has 1 amide bonds. The van der Waals surface area contributed by atoms with E-state index in [0.717, 1.165) is 22.8 Å². The van der Waals surface area contributed by atoms with Crippen molar-refractivity contribution in [3.8, 4) is 0 Å². The summed E-state index contributed by atoms with van der Waals surface area (Å²) in [6.07, 6.45) is 0.343. The van der Waals surface area contributed by atoms with Gasteiger partial charge in [-0.15, -0.1) is 11.3 Å². The molecule has 5 heteroatoms. The fraction of sp³-hybridized carbons (Fsp3) is 0.375. The second-order valence-corrected chi connectivity index (χ2v) is 6.29. The fourth-order valence-electron chi connectivity index (χ4n) is 2.00. The maximum absolute atomic E-state index is 12.0. The summed E-state index contributed by atoms with van der Waals surface area (Å²) in [5.74, 6) is 0.0138. The van der Waals surface area contributed by atoms with E-state index in [1.807, 2.05) is 37.7 Å². The number of rotatable bonds is 6. The third-order valence-electron chi connectivity index (χ3n) is 3.13. The Morgan fingerprint density at radius 3 is 2.81 bits per heavy atom. The second kappa shape index (κ2) is 7.33. The van der Waals surface area contributed by atoms with Gasteiger partial charge in [0, 0.05) is 18.5 Å².